The normalized spacial score (nSPS) is 28.9. The molecule has 3 rings (SSSR count). The number of nitrogens with zero attached hydrogens (tertiary/aromatic N) is 2. The van der Waals surface area contributed by atoms with Gasteiger partial charge in [0.2, 0.25) is 5.89 Å². The van der Waals surface area contributed by atoms with E-state index in [4.69, 9.17) is 4.52 Å². The molecule has 1 aromatic heterocycles. The van der Waals surface area contributed by atoms with Gasteiger partial charge in [0.1, 0.15) is 0 Å². The molecular weight excluding hydrogens is 214 g/mol. The van der Waals surface area contributed by atoms with Crippen molar-refractivity contribution in [3.63, 3.8) is 0 Å². The zero-order chi connectivity index (χ0) is 11.9. The van der Waals surface area contributed by atoms with E-state index < -0.39 is 0 Å². The van der Waals surface area contributed by atoms with Gasteiger partial charge >= 0.3 is 0 Å². The lowest BCUT2D eigenvalue weighted by Gasteiger charge is -2.36. The third-order valence-corrected chi connectivity index (χ3v) is 4.30. The molecule has 0 radical (unpaired) electrons. The van der Waals surface area contributed by atoms with E-state index in [1.165, 1.54) is 32.1 Å². The van der Waals surface area contributed by atoms with E-state index >= 15 is 0 Å². The Morgan fingerprint density at radius 2 is 2.12 bits per heavy atom. The maximum absolute atomic E-state index is 5.47. The van der Waals surface area contributed by atoms with Crippen LogP contribution >= 0.6 is 0 Å². The standard InChI is InChI=1S/C13H21N3O/c1-13(2)7-4-8-14-10(13)12-15-11(16-17-12)9-5-3-6-9/h9-10,14H,3-8H2,1-2H3. The number of hydrogen-bond acceptors (Lipinski definition) is 4. The molecule has 1 saturated carbocycles. The summed E-state index contributed by atoms with van der Waals surface area (Å²) in [6, 6.07) is 0.220. The van der Waals surface area contributed by atoms with E-state index in [2.05, 4.69) is 29.3 Å². The fourth-order valence-electron chi connectivity index (χ4n) is 2.83. The van der Waals surface area contributed by atoms with Crippen LogP contribution in [-0.4, -0.2) is 16.7 Å². The van der Waals surface area contributed by atoms with Crippen molar-refractivity contribution in [2.24, 2.45) is 5.41 Å². The number of piperidine rings is 1. The molecule has 2 fully saturated rings. The van der Waals surface area contributed by atoms with Crippen LogP contribution in [-0.2, 0) is 0 Å². The zero-order valence-corrected chi connectivity index (χ0v) is 10.7. The summed E-state index contributed by atoms with van der Waals surface area (Å²) in [6.07, 6.45) is 6.20. The Hall–Kier alpha value is -0.900. The van der Waals surface area contributed by atoms with Crippen LogP contribution in [0.4, 0.5) is 0 Å². The predicted molar refractivity (Wildman–Crippen MR) is 64.6 cm³/mol. The zero-order valence-electron chi connectivity index (χ0n) is 10.7. The quantitative estimate of drug-likeness (QED) is 0.856. The molecule has 2 heterocycles. The van der Waals surface area contributed by atoms with E-state index in [9.17, 15) is 0 Å². The van der Waals surface area contributed by atoms with Gasteiger partial charge in [0, 0.05) is 5.92 Å². The third kappa shape index (κ3) is 1.99. The highest BCUT2D eigenvalue weighted by Crippen LogP contribution is 2.40. The Morgan fingerprint density at radius 1 is 1.29 bits per heavy atom. The summed E-state index contributed by atoms with van der Waals surface area (Å²) >= 11 is 0. The minimum absolute atomic E-state index is 0.210. The van der Waals surface area contributed by atoms with Gasteiger partial charge in [-0.3, -0.25) is 0 Å². The van der Waals surface area contributed by atoms with Crippen molar-refractivity contribution in [1.29, 1.82) is 0 Å². The SMILES string of the molecule is CC1(C)CCCNC1c1nc(C2CCC2)no1. The Labute approximate surface area is 102 Å². The van der Waals surface area contributed by atoms with E-state index in [-0.39, 0.29) is 11.5 Å². The van der Waals surface area contributed by atoms with Crippen LogP contribution in [0, 0.1) is 5.41 Å². The van der Waals surface area contributed by atoms with Gasteiger partial charge in [-0.2, -0.15) is 4.98 Å². The van der Waals surface area contributed by atoms with Crippen molar-refractivity contribution in [3.8, 4) is 0 Å². The van der Waals surface area contributed by atoms with Crippen LogP contribution in [0.3, 0.4) is 0 Å². The lowest BCUT2D eigenvalue weighted by atomic mass is 9.77. The average Bonchev–Trinajstić information content (AvgIpc) is 2.63. The van der Waals surface area contributed by atoms with E-state index in [1.807, 2.05) is 0 Å². The predicted octanol–water partition coefficient (Wildman–Crippen LogP) is 2.79. The van der Waals surface area contributed by atoms with Crippen molar-refractivity contribution in [1.82, 2.24) is 15.5 Å². The van der Waals surface area contributed by atoms with Crippen molar-refractivity contribution in [3.05, 3.63) is 11.7 Å². The van der Waals surface area contributed by atoms with Gasteiger partial charge in [0.15, 0.2) is 5.82 Å². The van der Waals surface area contributed by atoms with Gasteiger partial charge < -0.3 is 9.84 Å². The second-order valence-corrected chi connectivity index (χ2v) is 6.10. The maximum Gasteiger partial charge on any atom is 0.244 e. The topological polar surface area (TPSA) is 51.0 Å². The molecule has 4 heteroatoms. The summed E-state index contributed by atoms with van der Waals surface area (Å²) in [7, 11) is 0. The second kappa shape index (κ2) is 4.09. The minimum Gasteiger partial charge on any atom is -0.338 e. The first-order valence-electron chi connectivity index (χ1n) is 6.74. The molecule has 1 aromatic rings. The number of aromatic nitrogens is 2. The van der Waals surface area contributed by atoms with Gasteiger partial charge in [0.25, 0.3) is 0 Å². The maximum atomic E-state index is 5.47. The van der Waals surface area contributed by atoms with Crippen LogP contribution < -0.4 is 5.32 Å². The lowest BCUT2D eigenvalue weighted by Crippen LogP contribution is -2.39. The van der Waals surface area contributed by atoms with E-state index in [1.54, 1.807) is 0 Å². The highest BCUT2D eigenvalue weighted by molar-refractivity contribution is 5.05. The Balaban J connectivity index is 1.80. The summed E-state index contributed by atoms with van der Waals surface area (Å²) < 4.78 is 5.47. The van der Waals surface area contributed by atoms with Crippen LogP contribution in [0.25, 0.3) is 0 Å². The van der Waals surface area contributed by atoms with Crippen LogP contribution in [0.2, 0.25) is 0 Å². The molecule has 1 aliphatic carbocycles. The molecule has 4 nitrogen and oxygen atoms in total. The van der Waals surface area contributed by atoms with Crippen LogP contribution in [0.15, 0.2) is 4.52 Å². The molecule has 17 heavy (non-hydrogen) atoms. The molecule has 0 spiro atoms. The van der Waals surface area contributed by atoms with Crippen molar-refractivity contribution >= 4 is 0 Å². The number of nitrogens with one attached hydrogen (secondary N) is 1. The largest absolute Gasteiger partial charge is 0.338 e. The Bertz CT molecular complexity index is 395. The fourth-order valence-corrected chi connectivity index (χ4v) is 2.83. The van der Waals surface area contributed by atoms with Crippen molar-refractivity contribution < 1.29 is 4.52 Å². The van der Waals surface area contributed by atoms with Gasteiger partial charge in [-0.1, -0.05) is 25.4 Å². The molecule has 1 N–H and O–H groups in total. The molecule has 1 saturated heterocycles. The summed E-state index contributed by atoms with van der Waals surface area (Å²) in [5.41, 5.74) is 0.210. The first-order valence-corrected chi connectivity index (χ1v) is 6.74. The fraction of sp³-hybridized carbons (Fsp3) is 0.846. The van der Waals surface area contributed by atoms with Crippen molar-refractivity contribution in [2.75, 3.05) is 6.54 Å². The third-order valence-electron chi connectivity index (χ3n) is 4.30. The Morgan fingerprint density at radius 3 is 2.76 bits per heavy atom. The molecule has 1 aliphatic heterocycles. The van der Waals surface area contributed by atoms with E-state index in [0.717, 1.165) is 18.3 Å². The monoisotopic (exact) mass is 235 g/mol. The molecule has 1 unspecified atom stereocenters. The minimum atomic E-state index is 0.210. The highest BCUT2D eigenvalue weighted by Gasteiger charge is 2.37. The summed E-state index contributed by atoms with van der Waals surface area (Å²) in [5, 5.41) is 7.67. The van der Waals surface area contributed by atoms with Gasteiger partial charge in [-0.05, 0) is 37.6 Å². The summed E-state index contributed by atoms with van der Waals surface area (Å²) in [4.78, 5) is 4.61. The molecule has 1 atom stereocenters. The van der Waals surface area contributed by atoms with E-state index in [0.29, 0.717) is 5.92 Å². The molecule has 94 valence electrons. The number of rotatable bonds is 2. The first kappa shape index (κ1) is 11.2. The van der Waals surface area contributed by atoms with Crippen LogP contribution in [0.5, 0.6) is 0 Å². The van der Waals surface area contributed by atoms with Crippen LogP contribution in [0.1, 0.15) is 69.6 Å². The Kier molecular flexibility index (Phi) is 2.69. The molecule has 0 aromatic carbocycles. The van der Waals surface area contributed by atoms with Crippen molar-refractivity contribution in [2.45, 2.75) is 57.9 Å². The average molecular weight is 235 g/mol. The van der Waals surface area contributed by atoms with Gasteiger partial charge in [0.05, 0.1) is 6.04 Å². The molecule has 0 amide bonds. The highest BCUT2D eigenvalue weighted by atomic mass is 16.5. The number of hydrogen-bond donors (Lipinski definition) is 1. The second-order valence-electron chi connectivity index (χ2n) is 6.10. The first-order chi connectivity index (χ1) is 8.17. The smallest absolute Gasteiger partial charge is 0.244 e. The molecule has 2 aliphatic rings. The summed E-state index contributed by atoms with van der Waals surface area (Å²) in [5.74, 6) is 2.27. The molecular formula is C13H21N3O. The molecule has 0 bridgehead atoms. The lowest BCUT2D eigenvalue weighted by molar-refractivity contribution is 0.146. The summed E-state index contributed by atoms with van der Waals surface area (Å²) in [6.45, 7) is 5.60. The van der Waals surface area contributed by atoms with Gasteiger partial charge in [-0.25, -0.2) is 0 Å². The van der Waals surface area contributed by atoms with Gasteiger partial charge in [-0.15, -0.1) is 0 Å².